The zero-order valence-electron chi connectivity index (χ0n) is 16.3. The maximum Gasteiger partial charge on any atom is 0.419 e. The summed E-state index contributed by atoms with van der Waals surface area (Å²) < 4.78 is 44.8. The van der Waals surface area contributed by atoms with Gasteiger partial charge in [0.05, 0.1) is 11.5 Å². The largest absolute Gasteiger partial charge is 0.455 e. The second-order valence-electron chi connectivity index (χ2n) is 7.37. The average molecular weight is 401 g/mol. The highest BCUT2D eigenvalue weighted by atomic mass is 19.4. The smallest absolute Gasteiger partial charge is 0.419 e. The van der Waals surface area contributed by atoms with Crippen molar-refractivity contribution in [3.8, 4) is 0 Å². The number of nitrogens with one attached hydrogen (secondary N) is 1. The van der Waals surface area contributed by atoms with Crippen molar-refractivity contribution in [1.29, 1.82) is 0 Å². The van der Waals surface area contributed by atoms with E-state index in [0.29, 0.717) is 19.4 Å². The van der Waals surface area contributed by atoms with E-state index in [4.69, 9.17) is 4.74 Å². The third-order valence-corrected chi connectivity index (χ3v) is 4.88. The first kappa shape index (κ1) is 22.0. The molecule has 1 N–H and O–H groups in total. The van der Waals surface area contributed by atoms with Crippen molar-refractivity contribution in [2.45, 2.75) is 45.8 Å². The molecule has 1 aliphatic heterocycles. The fourth-order valence-corrected chi connectivity index (χ4v) is 2.95. The Bertz CT molecular complexity index is 694. The van der Waals surface area contributed by atoms with Crippen molar-refractivity contribution in [2.75, 3.05) is 24.6 Å². The Hall–Kier alpha value is -2.32. The molecule has 0 saturated carbocycles. The molecule has 1 saturated heterocycles. The van der Waals surface area contributed by atoms with Gasteiger partial charge in [-0.15, -0.1) is 0 Å². The second kappa shape index (κ2) is 9.25. The number of anilines is 1. The minimum atomic E-state index is -4.53. The fraction of sp³-hybridized carbons (Fsp3) is 0.632. The molecular formula is C19H26F3N3O3. The number of halogens is 3. The molecule has 1 aromatic heterocycles. The zero-order chi connectivity index (χ0) is 20.9. The molecule has 2 atom stereocenters. The van der Waals surface area contributed by atoms with Gasteiger partial charge in [0.1, 0.15) is 5.82 Å². The summed E-state index contributed by atoms with van der Waals surface area (Å²) in [6.07, 6.45) is -2.20. The lowest BCUT2D eigenvalue weighted by molar-refractivity contribution is -0.153. The number of hydrogen-bond donors (Lipinski definition) is 1. The molecule has 0 bridgehead atoms. The van der Waals surface area contributed by atoms with Gasteiger partial charge in [-0.1, -0.05) is 13.8 Å². The van der Waals surface area contributed by atoms with Crippen molar-refractivity contribution in [3.63, 3.8) is 0 Å². The number of alkyl halides is 3. The Morgan fingerprint density at radius 1 is 1.36 bits per heavy atom. The van der Waals surface area contributed by atoms with Crippen LogP contribution in [0.4, 0.5) is 19.0 Å². The predicted octanol–water partition coefficient (Wildman–Crippen LogP) is 3.02. The van der Waals surface area contributed by atoms with Gasteiger partial charge in [0, 0.05) is 25.3 Å². The Kier molecular flexibility index (Phi) is 7.26. The summed E-state index contributed by atoms with van der Waals surface area (Å²) in [6, 6.07) is 2.16. The third-order valence-electron chi connectivity index (χ3n) is 4.88. The van der Waals surface area contributed by atoms with Crippen LogP contribution in [-0.4, -0.2) is 42.6 Å². The zero-order valence-corrected chi connectivity index (χ0v) is 16.3. The molecular weight excluding hydrogens is 375 g/mol. The highest BCUT2D eigenvalue weighted by Gasteiger charge is 2.37. The van der Waals surface area contributed by atoms with Gasteiger partial charge >= 0.3 is 12.1 Å². The standard InChI is InChI=1S/C19H26F3N3O3/c1-12(2)13(3)24-16(26)11-28-18(27)14-6-5-9-25(10-14)17-15(19(20,21)22)7-4-8-23-17/h4,7-8,12-14H,5-6,9-11H2,1-3H3,(H,24,26). The Morgan fingerprint density at radius 3 is 2.71 bits per heavy atom. The molecule has 1 amide bonds. The number of carbonyl (C=O) groups excluding carboxylic acids is 2. The number of ether oxygens (including phenoxy) is 1. The van der Waals surface area contributed by atoms with Crippen LogP contribution in [-0.2, 0) is 20.5 Å². The number of pyridine rings is 1. The summed E-state index contributed by atoms with van der Waals surface area (Å²) in [5, 5.41) is 2.73. The van der Waals surface area contributed by atoms with Gasteiger partial charge in [-0.2, -0.15) is 13.2 Å². The van der Waals surface area contributed by atoms with Gasteiger partial charge in [0.25, 0.3) is 5.91 Å². The highest BCUT2D eigenvalue weighted by Crippen LogP contribution is 2.36. The third kappa shape index (κ3) is 5.84. The number of carbonyl (C=O) groups is 2. The molecule has 1 fully saturated rings. The number of hydrogen-bond acceptors (Lipinski definition) is 5. The maximum absolute atomic E-state index is 13.2. The van der Waals surface area contributed by atoms with Crippen LogP contribution in [0, 0.1) is 11.8 Å². The summed E-state index contributed by atoms with van der Waals surface area (Å²) in [5.41, 5.74) is -0.828. The molecule has 1 aliphatic rings. The SMILES string of the molecule is CC(C)C(C)NC(=O)COC(=O)C1CCCN(c2ncccc2C(F)(F)F)C1. The monoisotopic (exact) mass is 401 g/mol. The van der Waals surface area contributed by atoms with Gasteiger partial charge in [-0.25, -0.2) is 4.98 Å². The van der Waals surface area contributed by atoms with E-state index in [1.54, 1.807) is 0 Å². The van der Waals surface area contributed by atoms with Gasteiger partial charge in [-0.05, 0) is 37.8 Å². The lowest BCUT2D eigenvalue weighted by Gasteiger charge is -2.33. The molecule has 0 aromatic carbocycles. The van der Waals surface area contributed by atoms with Gasteiger partial charge in [0.15, 0.2) is 6.61 Å². The number of nitrogens with zero attached hydrogens (tertiary/aromatic N) is 2. The lowest BCUT2D eigenvalue weighted by Crippen LogP contribution is -2.42. The molecule has 28 heavy (non-hydrogen) atoms. The minimum Gasteiger partial charge on any atom is -0.455 e. The molecule has 0 spiro atoms. The first-order chi connectivity index (χ1) is 13.1. The molecule has 2 rings (SSSR count). The van der Waals surface area contributed by atoms with Gasteiger partial charge < -0.3 is 15.0 Å². The van der Waals surface area contributed by atoms with Crippen LogP contribution in [0.5, 0.6) is 0 Å². The van der Waals surface area contributed by atoms with Crippen molar-refractivity contribution in [1.82, 2.24) is 10.3 Å². The first-order valence-corrected chi connectivity index (χ1v) is 9.32. The van der Waals surface area contributed by atoms with Crippen LogP contribution < -0.4 is 10.2 Å². The van der Waals surface area contributed by atoms with Crippen molar-refractivity contribution >= 4 is 17.7 Å². The number of piperidine rings is 1. The number of rotatable bonds is 6. The van der Waals surface area contributed by atoms with Crippen molar-refractivity contribution < 1.29 is 27.5 Å². The number of aromatic nitrogens is 1. The van der Waals surface area contributed by atoms with Crippen LogP contribution >= 0.6 is 0 Å². The number of esters is 1. The lowest BCUT2D eigenvalue weighted by atomic mass is 9.97. The van der Waals surface area contributed by atoms with Crippen LogP contribution in [0.15, 0.2) is 18.3 Å². The molecule has 9 heteroatoms. The molecule has 0 aliphatic carbocycles. The van der Waals surface area contributed by atoms with Crippen LogP contribution in [0.3, 0.4) is 0 Å². The molecule has 6 nitrogen and oxygen atoms in total. The summed E-state index contributed by atoms with van der Waals surface area (Å²) in [7, 11) is 0. The second-order valence-corrected chi connectivity index (χ2v) is 7.37. The Labute approximate surface area is 162 Å². The van der Waals surface area contributed by atoms with Crippen molar-refractivity contribution in [3.05, 3.63) is 23.9 Å². The summed E-state index contributed by atoms with van der Waals surface area (Å²) in [6.45, 7) is 5.82. The van der Waals surface area contributed by atoms with Crippen LogP contribution in [0.1, 0.15) is 39.2 Å². The summed E-state index contributed by atoms with van der Waals surface area (Å²) in [4.78, 5) is 29.5. The molecule has 2 heterocycles. The molecule has 0 radical (unpaired) electrons. The average Bonchev–Trinajstić information content (AvgIpc) is 2.65. The first-order valence-electron chi connectivity index (χ1n) is 9.32. The Balaban J connectivity index is 1.96. The highest BCUT2D eigenvalue weighted by molar-refractivity contribution is 5.81. The van der Waals surface area contributed by atoms with E-state index < -0.39 is 36.1 Å². The van der Waals surface area contributed by atoms with Crippen LogP contribution in [0.25, 0.3) is 0 Å². The summed E-state index contributed by atoms with van der Waals surface area (Å²) >= 11 is 0. The maximum atomic E-state index is 13.2. The molecule has 1 aromatic rings. The normalized spacial score (nSPS) is 18.7. The fourth-order valence-electron chi connectivity index (χ4n) is 2.95. The van der Waals surface area contributed by atoms with E-state index >= 15 is 0 Å². The van der Waals surface area contributed by atoms with E-state index in [2.05, 4.69) is 10.3 Å². The van der Waals surface area contributed by atoms with Gasteiger partial charge in [0.2, 0.25) is 0 Å². The van der Waals surface area contributed by atoms with E-state index in [1.807, 2.05) is 20.8 Å². The predicted molar refractivity (Wildman–Crippen MR) is 97.6 cm³/mol. The topological polar surface area (TPSA) is 71.5 Å². The Morgan fingerprint density at radius 2 is 2.07 bits per heavy atom. The van der Waals surface area contributed by atoms with Crippen LogP contribution in [0.2, 0.25) is 0 Å². The van der Waals surface area contributed by atoms with E-state index in [1.165, 1.54) is 17.2 Å². The van der Waals surface area contributed by atoms with E-state index in [-0.39, 0.29) is 24.3 Å². The molecule has 156 valence electrons. The molecule has 2 unspecified atom stereocenters. The summed E-state index contributed by atoms with van der Waals surface area (Å²) in [5.74, 6) is -1.52. The van der Waals surface area contributed by atoms with E-state index in [9.17, 15) is 22.8 Å². The minimum absolute atomic E-state index is 0.0543. The quantitative estimate of drug-likeness (QED) is 0.742. The van der Waals surface area contributed by atoms with Crippen molar-refractivity contribution in [2.24, 2.45) is 11.8 Å². The number of amides is 1. The van der Waals surface area contributed by atoms with E-state index in [0.717, 1.165) is 6.07 Å². The van der Waals surface area contributed by atoms with Gasteiger partial charge in [-0.3, -0.25) is 9.59 Å².